The first kappa shape index (κ1) is 10.9. The topological polar surface area (TPSA) is 42.2 Å². The standard InChI is InChI=1S/C13H15NO2/c1-9(10(2)15)14-8-7-11-5-3-4-6-12(11)13(14)16/h3-10,15H,1-2H3. The van der Waals surface area contributed by atoms with Crippen LogP contribution in [0.25, 0.3) is 10.8 Å². The molecule has 0 saturated carbocycles. The molecule has 1 N–H and O–H groups in total. The number of benzene rings is 1. The molecule has 1 aromatic heterocycles. The number of nitrogens with zero attached hydrogens (tertiary/aromatic N) is 1. The lowest BCUT2D eigenvalue weighted by molar-refractivity contribution is 0.137. The van der Waals surface area contributed by atoms with Crippen LogP contribution in [0.15, 0.2) is 41.3 Å². The normalized spacial score (nSPS) is 14.9. The molecule has 0 aliphatic carbocycles. The molecule has 0 spiro atoms. The molecule has 2 unspecified atom stereocenters. The Morgan fingerprint density at radius 3 is 2.56 bits per heavy atom. The van der Waals surface area contributed by atoms with Crippen LogP contribution in [0.3, 0.4) is 0 Å². The van der Waals surface area contributed by atoms with Crippen LogP contribution < -0.4 is 5.56 Å². The van der Waals surface area contributed by atoms with Gasteiger partial charge in [0.25, 0.3) is 5.56 Å². The molecule has 84 valence electrons. The van der Waals surface area contributed by atoms with Crippen molar-refractivity contribution in [1.82, 2.24) is 4.57 Å². The Labute approximate surface area is 94.0 Å². The van der Waals surface area contributed by atoms with Crippen molar-refractivity contribution in [2.24, 2.45) is 0 Å². The predicted molar refractivity (Wildman–Crippen MR) is 64.6 cm³/mol. The maximum atomic E-state index is 12.1. The highest BCUT2D eigenvalue weighted by atomic mass is 16.3. The molecule has 2 atom stereocenters. The largest absolute Gasteiger partial charge is 0.391 e. The Morgan fingerprint density at radius 2 is 1.88 bits per heavy atom. The van der Waals surface area contributed by atoms with Crippen LogP contribution in [-0.4, -0.2) is 15.8 Å². The summed E-state index contributed by atoms with van der Waals surface area (Å²) in [4.78, 5) is 12.1. The second-order valence-corrected chi connectivity index (χ2v) is 4.10. The van der Waals surface area contributed by atoms with Crippen LogP contribution >= 0.6 is 0 Å². The lowest BCUT2D eigenvalue weighted by Gasteiger charge is -2.18. The minimum absolute atomic E-state index is 0.0495. The third kappa shape index (κ3) is 1.74. The Morgan fingerprint density at radius 1 is 1.19 bits per heavy atom. The first-order chi connectivity index (χ1) is 7.61. The van der Waals surface area contributed by atoms with E-state index in [0.29, 0.717) is 5.39 Å². The molecule has 0 aliphatic heterocycles. The summed E-state index contributed by atoms with van der Waals surface area (Å²) in [6.45, 7) is 3.52. The third-order valence-electron chi connectivity index (χ3n) is 2.98. The fourth-order valence-corrected chi connectivity index (χ4v) is 1.76. The van der Waals surface area contributed by atoms with Crippen molar-refractivity contribution < 1.29 is 5.11 Å². The summed E-state index contributed by atoms with van der Waals surface area (Å²) in [5.41, 5.74) is -0.0495. The van der Waals surface area contributed by atoms with Crippen molar-refractivity contribution in [3.8, 4) is 0 Å². The van der Waals surface area contributed by atoms with E-state index in [2.05, 4.69) is 0 Å². The van der Waals surface area contributed by atoms with Crippen molar-refractivity contribution in [2.75, 3.05) is 0 Å². The Kier molecular flexibility index (Phi) is 2.79. The molecule has 0 bridgehead atoms. The highest BCUT2D eigenvalue weighted by molar-refractivity contribution is 5.81. The molecule has 3 heteroatoms. The minimum atomic E-state index is -0.543. The number of hydrogen-bond acceptors (Lipinski definition) is 2. The van der Waals surface area contributed by atoms with Crippen LogP contribution in [0, 0.1) is 0 Å². The van der Waals surface area contributed by atoms with Gasteiger partial charge in [0.05, 0.1) is 12.1 Å². The van der Waals surface area contributed by atoms with Crippen molar-refractivity contribution in [3.63, 3.8) is 0 Å². The Hall–Kier alpha value is -1.61. The van der Waals surface area contributed by atoms with E-state index >= 15 is 0 Å². The molecule has 1 aromatic carbocycles. The van der Waals surface area contributed by atoms with Crippen LogP contribution in [0.1, 0.15) is 19.9 Å². The number of rotatable bonds is 2. The van der Waals surface area contributed by atoms with Crippen LogP contribution in [0.5, 0.6) is 0 Å². The van der Waals surface area contributed by atoms with E-state index in [-0.39, 0.29) is 11.6 Å². The molecule has 0 radical (unpaired) electrons. The lowest BCUT2D eigenvalue weighted by atomic mass is 10.1. The van der Waals surface area contributed by atoms with Crippen LogP contribution in [-0.2, 0) is 0 Å². The van der Waals surface area contributed by atoms with Crippen molar-refractivity contribution in [1.29, 1.82) is 0 Å². The zero-order valence-corrected chi connectivity index (χ0v) is 9.42. The smallest absolute Gasteiger partial charge is 0.258 e. The molecule has 2 aromatic rings. The summed E-state index contributed by atoms with van der Waals surface area (Å²) in [5.74, 6) is 0. The van der Waals surface area contributed by atoms with E-state index in [0.717, 1.165) is 5.39 Å². The molecule has 0 aliphatic rings. The number of aromatic nitrogens is 1. The minimum Gasteiger partial charge on any atom is -0.391 e. The van der Waals surface area contributed by atoms with Crippen molar-refractivity contribution in [2.45, 2.75) is 26.0 Å². The van der Waals surface area contributed by atoms with Gasteiger partial charge < -0.3 is 9.67 Å². The van der Waals surface area contributed by atoms with Crippen molar-refractivity contribution in [3.05, 3.63) is 46.9 Å². The number of fused-ring (bicyclic) bond motifs is 1. The Balaban J connectivity index is 2.66. The molecule has 2 rings (SSSR count). The monoisotopic (exact) mass is 217 g/mol. The Bertz CT molecular complexity index is 557. The summed E-state index contributed by atoms with van der Waals surface area (Å²) in [6.07, 6.45) is 1.20. The zero-order valence-electron chi connectivity index (χ0n) is 9.42. The van der Waals surface area contributed by atoms with Gasteiger partial charge in [0.2, 0.25) is 0 Å². The van der Waals surface area contributed by atoms with Gasteiger partial charge in [0.1, 0.15) is 0 Å². The fraction of sp³-hybridized carbons (Fsp3) is 0.308. The molecule has 16 heavy (non-hydrogen) atoms. The lowest BCUT2D eigenvalue weighted by Crippen LogP contribution is -2.28. The zero-order chi connectivity index (χ0) is 11.7. The molecule has 0 amide bonds. The van der Waals surface area contributed by atoms with Gasteiger partial charge in [0, 0.05) is 11.6 Å². The molecule has 1 heterocycles. The van der Waals surface area contributed by atoms with E-state index < -0.39 is 6.10 Å². The average Bonchev–Trinajstić information content (AvgIpc) is 2.29. The highest BCUT2D eigenvalue weighted by Crippen LogP contribution is 2.13. The van der Waals surface area contributed by atoms with Gasteiger partial charge in [-0.15, -0.1) is 0 Å². The van der Waals surface area contributed by atoms with Gasteiger partial charge in [0.15, 0.2) is 0 Å². The first-order valence-corrected chi connectivity index (χ1v) is 5.39. The van der Waals surface area contributed by atoms with Gasteiger partial charge in [-0.3, -0.25) is 4.79 Å². The SMILES string of the molecule is CC(O)C(C)n1ccc2ccccc2c1=O. The number of hydrogen-bond donors (Lipinski definition) is 1. The molecule has 0 fully saturated rings. The highest BCUT2D eigenvalue weighted by Gasteiger charge is 2.13. The van der Waals surface area contributed by atoms with E-state index in [1.807, 2.05) is 37.3 Å². The van der Waals surface area contributed by atoms with Crippen LogP contribution in [0.4, 0.5) is 0 Å². The fourth-order valence-electron chi connectivity index (χ4n) is 1.76. The molecule has 3 nitrogen and oxygen atoms in total. The molecular formula is C13H15NO2. The first-order valence-electron chi connectivity index (χ1n) is 5.39. The summed E-state index contributed by atoms with van der Waals surface area (Å²) >= 11 is 0. The maximum absolute atomic E-state index is 12.1. The van der Waals surface area contributed by atoms with Gasteiger partial charge in [-0.25, -0.2) is 0 Å². The van der Waals surface area contributed by atoms with Gasteiger partial charge in [-0.05, 0) is 31.4 Å². The van der Waals surface area contributed by atoms with Crippen LogP contribution in [0.2, 0.25) is 0 Å². The average molecular weight is 217 g/mol. The molecular weight excluding hydrogens is 202 g/mol. The predicted octanol–water partition coefficient (Wildman–Crippen LogP) is 1.94. The molecule has 0 saturated heterocycles. The summed E-state index contributed by atoms with van der Waals surface area (Å²) in [5, 5.41) is 11.1. The summed E-state index contributed by atoms with van der Waals surface area (Å²) in [7, 11) is 0. The van der Waals surface area contributed by atoms with Gasteiger partial charge in [-0.1, -0.05) is 18.2 Å². The second-order valence-electron chi connectivity index (χ2n) is 4.10. The third-order valence-corrected chi connectivity index (χ3v) is 2.98. The van der Waals surface area contributed by atoms with Gasteiger partial charge >= 0.3 is 0 Å². The summed E-state index contributed by atoms with van der Waals surface area (Å²) in [6, 6.07) is 9.16. The maximum Gasteiger partial charge on any atom is 0.258 e. The number of aliphatic hydroxyl groups excluding tert-OH is 1. The van der Waals surface area contributed by atoms with Gasteiger partial charge in [-0.2, -0.15) is 0 Å². The number of pyridine rings is 1. The number of aliphatic hydroxyl groups is 1. The van der Waals surface area contributed by atoms with E-state index in [1.54, 1.807) is 17.7 Å². The van der Waals surface area contributed by atoms with E-state index in [9.17, 15) is 9.90 Å². The van der Waals surface area contributed by atoms with E-state index in [1.165, 1.54) is 0 Å². The van der Waals surface area contributed by atoms with E-state index in [4.69, 9.17) is 0 Å². The van der Waals surface area contributed by atoms with Crippen molar-refractivity contribution >= 4 is 10.8 Å². The second kappa shape index (κ2) is 4.10. The summed E-state index contributed by atoms with van der Waals surface area (Å²) < 4.78 is 1.58. The quantitative estimate of drug-likeness (QED) is 0.835.